The van der Waals surface area contributed by atoms with Crippen LogP contribution in [0.5, 0.6) is 0 Å². The van der Waals surface area contributed by atoms with Crippen LogP contribution in [0.2, 0.25) is 0 Å². The van der Waals surface area contributed by atoms with Crippen molar-refractivity contribution in [2.24, 2.45) is 11.7 Å². The second-order valence-electron chi connectivity index (χ2n) is 5.59. The van der Waals surface area contributed by atoms with Gasteiger partial charge >= 0.3 is 0 Å². The molecule has 1 aromatic rings. The molecule has 1 aliphatic rings. The lowest BCUT2D eigenvalue weighted by Crippen LogP contribution is -2.37. The molecule has 0 bridgehead atoms. The van der Waals surface area contributed by atoms with Crippen LogP contribution in [0.4, 0.5) is 0 Å². The molecule has 1 aromatic carbocycles. The first-order valence-corrected chi connectivity index (χ1v) is 7.29. The van der Waals surface area contributed by atoms with Crippen molar-refractivity contribution >= 4 is 5.91 Å². The quantitative estimate of drug-likeness (QED) is 0.864. The number of carbonyl (C=O) groups excluding carboxylic acids is 1. The summed E-state index contributed by atoms with van der Waals surface area (Å²) in [6.45, 7) is 1.17. The van der Waals surface area contributed by atoms with Crippen molar-refractivity contribution in [2.75, 3.05) is 7.11 Å². The number of hydrogen-bond donors (Lipinski definition) is 2. The Morgan fingerprint density at radius 2 is 2.20 bits per heavy atom. The van der Waals surface area contributed by atoms with E-state index in [1.165, 1.54) is 0 Å². The highest BCUT2D eigenvalue weighted by Crippen LogP contribution is 2.23. The van der Waals surface area contributed by atoms with Gasteiger partial charge in [0.05, 0.1) is 6.61 Å². The minimum atomic E-state index is 0.0842. The van der Waals surface area contributed by atoms with Gasteiger partial charge in [0, 0.05) is 25.6 Å². The molecule has 110 valence electrons. The van der Waals surface area contributed by atoms with E-state index in [1.54, 1.807) is 7.11 Å². The van der Waals surface area contributed by atoms with E-state index >= 15 is 0 Å². The Hall–Kier alpha value is -1.39. The van der Waals surface area contributed by atoms with Crippen molar-refractivity contribution in [3.63, 3.8) is 0 Å². The largest absolute Gasteiger partial charge is 0.380 e. The predicted molar refractivity (Wildman–Crippen MR) is 78.9 cm³/mol. The maximum Gasteiger partial charge on any atom is 0.223 e. The van der Waals surface area contributed by atoms with Gasteiger partial charge in [0.15, 0.2) is 0 Å². The van der Waals surface area contributed by atoms with Gasteiger partial charge in [-0.3, -0.25) is 4.79 Å². The molecular weight excluding hydrogens is 252 g/mol. The summed E-state index contributed by atoms with van der Waals surface area (Å²) < 4.78 is 5.11. The van der Waals surface area contributed by atoms with Crippen LogP contribution in [-0.2, 0) is 22.7 Å². The van der Waals surface area contributed by atoms with Gasteiger partial charge in [-0.25, -0.2) is 0 Å². The molecule has 1 saturated carbocycles. The highest BCUT2D eigenvalue weighted by atomic mass is 16.5. The van der Waals surface area contributed by atoms with Crippen LogP contribution in [0, 0.1) is 5.92 Å². The van der Waals surface area contributed by atoms with Gasteiger partial charge in [0.2, 0.25) is 5.91 Å². The highest BCUT2D eigenvalue weighted by molar-refractivity contribution is 5.78. The van der Waals surface area contributed by atoms with E-state index in [9.17, 15) is 4.79 Å². The third-order valence-corrected chi connectivity index (χ3v) is 3.85. The monoisotopic (exact) mass is 276 g/mol. The number of amides is 1. The predicted octanol–water partition coefficient (Wildman–Crippen LogP) is 1.97. The average Bonchev–Trinajstić information content (AvgIpc) is 2.45. The number of methoxy groups -OCH3 is 1. The first-order chi connectivity index (χ1) is 9.69. The van der Waals surface area contributed by atoms with Crippen LogP contribution >= 0.6 is 0 Å². The maximum absolute atomic E-state index is 12.1. The van der Waals surface area contributed by atoms with Gasteiger partial charge < -0.3 is 15.8 Å². The average molecular weight is 276 g/mol. The molecule has 4 nitrogen and oxygen atoms in total. The molecule has 0 saturated heterocycles. The van der Waals surface area contributed by atoms with Crippen LogP contribution in [0.3, 0.4) is 0 Å². The molecular formula is C16H24N2O2. The minimum Gasteiger partial charge on any atom is -0.380 e. The maximum atomic E-state index is 12.1. The normalized spacial score (nSPS) is 22.5. The lowest BCUT2D eigenvalue weighted by Gasteiger charge is -2.25. The second kappa shape index (κ2) is 7.41. The molecule has 2 rings (SSSR count). The third-order valence-electron chi connectivity index (χ3n) is 3.85. The molecule has 2 unspecified atom stereocenters. The summed E-state index contributed by atoms with van der Waals surface area (Å²) in [7, 11) is 1.68. The second-order valence-corrected chi connectivity index (χ2v) is 5.59. The number of nitrogens with two attached hydrogens (primary N) is 1. The molecule has 2 atom stereocenters. The summed E-state index contributed by atoms with van der Waals surface area (Å²) >= 11 is 0. The lowest BCUT2D eigenvalue weighted by molar-refractivity contribution is -0.126. The van der Waals surface area contributed by atoms with Crippen LogP contribution in [0.25, 0.3) is 0 Å². The number of carbonyl (C=O) groups is 1. The zero-order valence-electron chi connectivity index (χ0n) is 12.1. The van der Waals surface area contributed by atoms with Crippen molar-refractivity contribution < 1.29 is 9.53 Å². The number of nitrogens with one attached hydrogen (secondary N) is 1. The van der Waals surface area contributed by atoms with Gasteiger partial charge in [-0.05, 0) is 30.4 Å². The number of benzene rings is 1. The van der Waals surface area contributed by atoms with Gasteiger partial charge in [-0.1, -0.05) is 30.7 Å². The molecule has 0 radical (unpaired) electrons. The van der Waals surface area contributed by atoms with Crippen LogP contribution in [0.15, 0.2) is 24.3 Å². The van der Waals surface area contributed by atoms with Crippen LogP contribution < -0.4 is 11.1 Å². The third kappa shape index (κ3) is 4.32. The number of ether oxygens (including phenoxy) is 1. The summed E-state index contributed by atoms with van der Waals surface area (Å²) in [6, 6.07) is 8.29. The zero-order valence-corrected chi connectivity index (χ0v) is 12.1. The standard InChI is InChI=1S/C16H24N2O2/c1-20-11-13-5-2-4-12(8-13)10-18-16(19)14-6-3-7-15(17)9-14/h2,4-5,8,14-15H,3,6-7,9-11,17H2,1H3,(H,18,19). The van der Waals surface area contributed by atoms with E-state index in [0.717, 1.165) is 36.8 Å². The zero-order chi connectivity index (χ0) is 14.4. The molecule has 0 spiro atoms. The summed E-state index contributed by atoms with van der Waals surface area (Å²) in [5.41, 5.74) is 8.16. The van der Waals surface area contributed by atoms with E-state index in [2.05, 4.69) is 11.4 Å². The first-order valence-electron chi connectivity index (χ1n) is 7.29. The number of rotatable bonds is 5. The summed E-state index contributed by atoms with van der Waals surface area (Å²) in [5.74, 6) is 0.221. The van der Waals surface area contributed by atoms with Crippen molar-refractivity contribution in [1.82, 2.24) is 5.32 Å². The van der Waals surface area contributed by atoms with E-state index in [4.69, 9.17) is 10.5 Å². The SMILES string of the molecule is COCc1cccc(CNC(=O)C2CCCC(N)C2)c1. The summed E-state index contributed by atoms with van der Waals surface area (Å²) in [4.78, 5) is 12.1. The van der Waals surface area contributed by atoms with Gasteiger partial charge in [0.1, 0.15) is 0 Å². The Balaban J connectivity index is 1.85. The fourth-order valence-corrected chi connectivity index (χ4v) is 2.80. The Kier molecular flexibility index (Phi) is 5.56. The molecule has 0 aliphatic heterocycles. The molecule has 20 heavy (non-hydrogen) atoms. The van der Waals surface area contributed by atoms with E-state index < -0.39 is 0 Å². The van der Waals surface area contributed by atoms with E-state index in [-0.39, 0.29) is 17.9 Å². The highest BCUT2D eigenvalue weighted by Gasteiger charge is 2.24. The van der Waals surface area contributed by atoms with Gasteiger partial charge in [-0.2, -0.15) is 0 Å². The molecule has 1 amide bonds. The van der Waals surface area contributed by atoms with Crippen LogP contribution in [0.1, 0.15) is 36.8 Å². The van der Waals surface area contributed by atoms with Crippen LogP contribution in [-0.4, -0.2) is 19.1 Å². The van der Waals surface area contributed by atoms with Crippen molar-refractivity contribution in [2.45, 2.75) is 44.9 Å². The summed E-state index contributed by atoms with van der Waals surface area (Å²) in [5, 5.41) is 3.02. The topological polar surface area (TPSA) is 64.3 Å². The van der Waals surface area contributed by atoms with Crippen molar-refractivity contribution in [3.8, 4) is 0 Å². The smallest absolute Gasteiger partial charge is 0.223 e. The Bertz CT molecular complexity index is 448. The van der Waals surface area contributed by atoms with E-state index in [1.807, 2.05) is 18.2 Å². The lowest BCUT2D eigenvalue weighted by atomic mass is 9.85. The first kappa shape index (κ1) is 15.0. The molecule has 0 aromatic heterocycles. The fraction of sp³-hybridized carbons (Fsp3) is 0.562. The van der Waals surface area contributed by atoms with E-state index in [0.29, 0.717) is 13.2 Å². The Morgan fingerprint density at radius 1 is 1.40 bits per heavy atom. The molecule has 1 aliphatic carbocycles. The summed E-state index contributed by atoms with van der Waals surface area (Å²) in [6.07, 6.45) is 3.88. The van der Waals surface area contributed by atoms with Gasteiger partial charge in [0.25, 0.3) is 0 Å². The Morgan fingerprint density at radius 3 is 2.95 bits per heavy atom. The van der Waals surface area contributed by atoms with Crippen molar-refractivity contribution in [3.05, 3.63) is 35.4 Å². The minimum absolute atomic E-state index is 0.0842. The van der Waals surface area contributed by atoms with Crippen molar-refractivity contribution in [1.29, 1.82) is 0 Å². The number of hydrogen-bond acceptors (Lipinski definition) is 3. The van der Waals surface area contributed by atoms with Gasteiger partial charge in [-0.15, -0.1) is 0 Å². The molecule has 1 fully saturated rings. The molecule has 4 heteroatoms. The molecule has 0 heterocycles. The fourth-order valence-electron chi connectivity index (χ4n) is 2.80. The molecule has 3 N–H and O–H groups in total. The Labute approximate surface area is 120 Å².